The first-order chi connectivity index (χ1) is 9.92. The third kappa shape index (κ3) is 3.27. The normalized spacial score (nSPS) is 12.3. The van der Waals surface area contributed by atoms with Crippen molar-refractivity contribution in [3.63, 3.8) is 0 Å². The Morgan fingerprint density at radius 1 is 1.57 bits per heavy atom. The standard InChI is InChI=1S/C13H15N3O4S/c1-3-8(2)20-12(17)7-15-11-6-9(16(18)19)4-5-10(11)14-13(15)21/h4-6,8H,3,7H2,1-2H3,(H,14,21). The van der Waals surface area contributed by atoms with E-state index in [9.17, 15) is 14.9 Å². The third-order valence-corrected chi connectivity index (χ3v) is 3.49. The summed E-state index contributed by atoms with van der Waals surface area (Å²) in [5.41, 5.74) is 1.10. The van der Waals surface area contributed by atoms with Gasteiger partial charge in [0.15, 0.2) is 4.77 Å². The predicted octanol–water partition coefficient (Wildman–Crippen LogP) is 2.95. The summed E-state index contributed by atoms with van der Waals surface area (Å²) < 4.78 is 7.03. The molecule has 0 bridgehead atoms. The van der Waals surface area contributed by atoms with E-state index in [1.54, 1.807) is 13.0 Å². The number of ether oxygens (including phenoxy) is 1. The van der Waals surface area contributed by atoms with Gasteiger partial charge in [-0.15, -0.1) is 0 Å². The number of rotatable bonds is 5. The summed E-state index contributed by atoms with van der Waals surface area (Å²) in [6.45, 7) is 3.64. The molecule has 1 aromatic heterocycles. The van der Waals surface area contributed by atoms with Gasteiger partial charge in [-0.2, -0.15) is 0 Å². The SMILES string of the molecule is CCC(C)OC(=O)Cn1c(=S)[nH]c2ccc([N+](=O)[O-])cc21. The zero-order valence-corrected chi connectivity index (χ0v) is 12.5. The number of aromatic amines is 1. The van der Waals surface area contributed by atoms with E-state index in [2.05, 4.69) is 4.98 Å². The monoisotopic (exact) mass is 309 g/mol. The molecular formula is C13H15N3O4S. The molecule has 8 heteroatoms. The highest BCUT2D eigenvalue weighted by Crippen LogP contribution is 2.21. The van der Waals surface area contributed by atoms with Crippen LogP contribution in [0.3, 0.4) is 0 Å². The topological polar surface area (TPSA) is 90.2 Å². The molecule has 1 atom stereocenters. The maximum atomic E-state index is 11.9. The molecule has 1 unspecified atom stereocenters. The maximum Gasteiger partial charge on any atom is 0.326 e. The van der Waals surface area contributed by atoms with Crippen LogP contribution in [0.5, 0.6) is 0 Å². The molecule has 0 aliphatic heterocycles. The number of imidazole rings is 1. The molecule has 0 saturated carbocycles. The Labute approximate surface area is 125 Å². The second-order valence-electron chi connectivity index (χ2n) is 4.68. The van der Waals surface area contributed by atoms with Crippen molar-refractivity contribution in [3.05, 3.63) is 33.1 Å². The number of nitrogens with zero attached hydrogens (tertiary/aromatic N) is 2. The van der Waals surface area contributed by atoms with Crippen LogP contribution in [0.2, 0.25) is 0 Å². The second kappa shape index (κ2) is 6.04. The van der Waals surface area contributed by atoms with Crippen molar-refractivity contribution in [1.29, 1.82) is 0 Å². The molecule has 0 saturated heterocycles. The molecule has 0 amide bonds. The van der Waals surface area contributed by atoms with Gasteiger partial charge in [0, 0.05) is 12.1 Å². The fourth-order valence-corrected chi connectivity index (χ4v) is 2.16. The van der Waals surface area contributed by atoms with E-state index < -0.39 is 10.9 Å². The molecule has 112 valence electrons. The predicted molar refractivity (Wildman–Crippen MR) is 79.6 cm³/mol. The van der Waals surface area contributed by atoms with Crippen molar-refractivity contribution < 1.29 is 14.5 Å². The van der Waals surface area contributed by atoms with Crippen LogP contribution >= 0.6 is 12.2 Å². The van der Waals surface area contributed by atoms with Crippen LogP contribution in [0.25, 0.3) is 11.0 Å². The average molecular weight is 309 g/mol. The zero-order chi connectivity index (χ0) is 15.6. The van der Waals surface area contributed by atoms with E-state index in [1.807, 2.05) is 6.92 Å². The summed E-state index contributed by atoms with van der Waals surface area (Å²) in [4.78, 5) is 25.1. The summed E-state index contributed by atoms with van der Waals surface area (Å²) >= 11 is 5.15. The number of benzene rings is 1. The molecule has 7 nitrogen and oxygen atoms in total. The van der Waals surface area contributed by atoms with Gasteiger partial charge in [-0.3, -0.25) is 14.9 Å². The molecule has 0 aliphatic carbocycles. The molecule has 21 heavy (non-hydrogen) atoms. The Hall–Kier alpha value is -2.22. The highest BCUT2D eigenvalue weighted by molar-refractivity contribution is 7.71. The number of nitrogens with one attached hydrogen (secondary N) is 1. The van der Waals surface area contributed by atoms with Gasteiger partial charge in [0.1, 0.15) is 6.54 Å². The van der Waals surface area contributed by atoms with Crippen molar-refractivity contribution >= 4 is 34.9 Å². The fourth-order valence-electron chi connectivity index (χ4n) is 1.89. The molecule has 0 spiro atoms. The number of aromatic nitrogens is 2. The molecular weight excluding hydrogens is 294 g/mol. The van der Waals surface area contributed by atoms with Crippen LogP contribution < -0.4 is 0 Å². The Morgan fingerprint density at radius 2 is 2.29 bits per heavy atom. The highest BCUT2D eigenvalue weighted by atomic mass is 32.1. The summed E-state index contributed by atoms with van der Waals surface area (Å²) in [5.74, 6) is -0.423. The smallest absolute Gasteiger partial charge is 0.326 e. The number of nitro groups is 1. The van der Waals surface area contributed by atoms with E-state index in [4.69, 9.17) is 17.0 Å². The molecule has 0 aliphatic rings. The number of carbonyl (C=O) groups excluding carboxylic acids is 1. The fraction of sp³-hybridized carbons (Fsp3) is 0.385. The van der Waals surface area contributed by atoms with E-state index in [0.29, 0.717) is 15.8 Å². The minimum Gasteiger partial charge on any atom is -0.461 e. The Morgan fingerprint density at radius 3 is 2.90 bits per heavy atom. The van der Waals surface area contributed by atoms with Crippen molar-refractivity contribution in [1.82, 2.24) is 9.55 Å². The zero-order valence-electron chi connectivity index (χ0n) is 11.7. The largest absolute Gasteiger partial charge is 0.461 e. The minimum atomic E-state index is -0.489. The van der Waals surface area contributed by atoms with Crippen LogP contribution in [-0.4, -0.2) is 26.5 Å². The van der Waals surface area contributed by atoms with Crippen molar-refractivity contribution in [2.75, 3.05) is 0 Å². The van der Waals surface area contributed by atoms with E-state index >= 15 is 0 Å². The van der Waals surface area contributed by atoms with E-state index in [-0.39, 0.29) is 18.3 Å². The summed E-state index contributed by atoms with van der Waals surface area (Å²) in [6.07, 6.45) is 0.544. The first-order valence-electron chi connectivity index (χ1n) is 6.48. The van der Waals surface area contributed by atoms with Gasteiger partial charge in [-0.25, -0.2) is 0 Å². The second-order valence-corrected chi connectivity index (χ2v) is 5.07. The van der Waals surface area contributed by atoms with Crippen LogP contribution in [0.15, 0.2) is 18.2 Å². The number of fused-ring (bicyclic) bond motifs is 1. The number of carbonyl (C=O) groups is 1. The van der Waals surface area contributed by atoms with Gasteiger partial charge in [0.25, 0.3) is 5.69 Å². The Balaban J connectivity index is 2.36. The van der Waals surface area contributed by atoms with Gasteiger partial charge in [0.05, 0.1) is 22.1 Å². The lowest BCUT2D eigenvalue weighted by molar-refractivity contribution is -0.384. The lowest BCUT2D eigenvalue weighted by atomic mass is 10.3. The summed E-state index contributed by atoms with van der Waals surface area (Å²) in [5, 5.41) is 10.8. The average Bonchev–Trinajstić information content (AvgIpc) is 2.74. The summed E-state index contributed by atoms with van der Waals surface area (Å²) in [7, 11) is 0. The molecule has 1 aromatic carbocycles. The minimum absolute atomic E-state index is 0.0551. The van der Waals surface area contributed by atoms with Gasteiger partial charge in [-0.05, 0) is 31.6 Å². The molecule has 0 radical (unpaired) electrons. The van der Waals surface area contributed by atoms with Crippen LogP contribution in [0.4, 0.5) is 5.69 Å². The first kappa shape index (κ1) is 15.2. The third-order valence-electron chi connectivity index (χ3n) is 3.16. The number of nitro benzene ring substituents is 1. The van der Waals surface area contributed by atoms with E-state index in [0.717, 1.165) is 6.42 Å². The lowest BCUT2D eigenvalue weighted by Crippen LogP contribution is -2.19. The van der Waals surface area contributed by atoms with Gasteiger partial charge >= 0.3 is 5.97 Å². The summed E-state index contributed by atoms with van der Waals surface area (Å²) in [6, 6.07) is 4.34. The number of H-pyrrole nitrogens is 1. The van der Waals surface area contributed by atoms with Gasteiger partial charge in [0.2, 0.25) is 0 Å². The number of non-ortho nitro benzene ring substituents is 1. The molecule has 0 fully saturated rings. The van der Waals surface area contributed by atoms with Crippen molar-refractivity contribution in [3.8, 4) is 0 Å². The Bertz CT molecular complexity index is 749. The van der Waals surface area contributed by atoms with Crippen LogP contribution in [-0.2, 0) is 16.1 Å². The van der Waals surface area contributed by atoms with E-state index in [1.165, 1.54) is 16.7 Å². The quantitative estimate of drug-likeness (QED) is 0.397. The van der Waals surface area contributed by atoms with Crippen LogP contribution in [0, 0.1) is 14.9 Å². The number of hydrogen-bond donors (Lipinski definition) is 1. The molecule has 2 rings (SSSR count). The van der Waals surface area contributed by atoms with Gasteiger partial charge in [-0.1, -0.05) is 6.92 Å². The maximum absolute atomic E-state index is 11.9. The molecule has 1 N–H and O–H groups in total. The molecule has 2 aromatic rings. The van der Waals surface area contributed by atoms with Gasteiger partial charge < -0.3 is 14.3 Å². The Kier molecular flexibility index (Phi) is 4.37. The number of esters is 1. The number of hydrogen-bond acceptors (Lipinski definition) is 5. The van der Waals surface area contributed by atoms with Crippen molar-refractivity contribution in [2.24, 2.45) is 0 Å². The highest BCUT2D eigenvalue weighted by Gasteiger charge is 2.15. The van der Waals surface area contributed by atoms with Crippen molar-refractivity contribution in [2.45, 2.75) is 32.9 Å². The van der Waals surface area contributed by atoms with Crippen LogP contribution in [0.1, 0.15) is 20.3 Å². The first-order valence-corrected chi connectivity index (χ1v) is 6.89. The molecule has 1 heterocycles. The lowest BCUT2D eigenvalue weighted by Gasteiger charge is -2.11.